The summed E-state index contributed by atoms with van der Waals surface area (Å²) in [6.45, 7) is 1.99. The van der Waals surface area contributed by atoms with Crippen molar-refractivity contribution >= 4 is 22.4 Å². The Balaban J connectivity index is 1.66. The number of benzene rings is 3. The highest BCUT2D eigenvalue weighted by Gasteiger charge is 2.42. The van der Waals surface area contributed by atoms with Crippen molar-refractivity contribution in [2.45, 2.75) is 19.1 Å². The molecular weight excluding hydrogens is 422 g/mol. The second-order valence-electron chi connectivity index (χ2n) is 8.43. The van der Waals surface area contributed by atoms with Crippen LogP contribution in [-0.4, -0.2) is 40.1 Å². The lowest BCUT2D eigenvalue weighted by molar-refractivity contribution is -0.140. The molecule has 0 amide bonds. The number of fused-ring (bicyclic) bond motifs is 6. The summed E-state index contributed by atoms with van der Waals surface area (Å²) in [5, 5.41) is 2.08. The van der Waals surface area contributed by atoms with Crippen molar-refractivity contribution in [1.82, 2.24) is 0 Å². The quantitative estimate of drug-likeness (QED) is 0.545. The molecule has 3 heterocycles. The van der Waals surface area contributed by atoms with E-state index in [4.69, 9.17) is 23.7 Å². The Kier molecular flexibility index (Phi) is 4.24. The third-order valence-corrected chi connectivity index (χ3v) is 6.71. The zero-order valence-corrected chi connectivity index (χ0v) is 18.8. The number of ether oxygens (including phenoxy) is 5. The van der Waals surface area contributed by atoms with Crippen molar-refractivity contribution in [3.8, 4) is 34.1 Å². The average molecular weight is 445 g/mol. The molecule has 3 aromatic rings. The fourth-order valence-corrected chi connectivity index (χ4v) is 5.21. The van der Waals surface area contributed by atoms with E-state index in [9.17, 15) is 4.79 Å². The first kappa shape index (κ1) is 19.8. The summed E-state index contributed by atoms with van der Waals surface area (Å²) in [6.07, 6.45) is 1.41. The molecule has 0 N–H and O–H groups in total. The molecule has 7 nitrogen and oxygen atoms in total. The number of carbonyl (C=O) groups is 1. The predicted octanol–water partition coefficient (Wildman–Crippen LogP) is 4.62. The molecule has 33 heavy (non-hydrogen) atoms. The largest absolute Gasteiger partial charge is 0.493 e. The van der Waals surface area contributed by atoms with E-state index in [-0.39, 0.29) is 18.8 Å². The van der Waals surface area contributed by atoms with Gasteiger partial charge in [0.15, 0.2) is 23.0 Å². The van der Waals surface area contributed by atoms with Gasteiger partial charge in [-0.2, -0.15) is 0 Å². The van der Waals surface area contributed by atoms with E-state index < -0.39 is 6.10 Å². The van der Waals surface area contributed by atoms with Gasteiger partial charge in [-0.1, -0.05) is 12.1 Å². The molecule has 0 saturated carbocycles. The van der Waals surface area contributed by atoms with E-state index in [2.05, 4.69) is 17.0 Å². The van der Waals surface area contributed by atoms with E-state index in [1.54, 1.807) is 21.1 Å². The topological polar surface area (TPSA) is 66.5 Å². The molecule has 168 valence electrons. The molecule has 6 rings (SSSR count). The Morgan fingerprint density at radius 2 is 1.76 bits per heavy atom. The van der Waals surface area contributed by atoms with Crippen molar-refractivity contribution in [2.24, 2.45) is 0 Å². The molecule has 3 aliphatic heterocycles. The van der Waals surface area contributed by atoms with Crippen molar-refractivity contribution in [3.63, 3.8) is 0 Å². The maximum absolute atomic E-state index is 12.3. The van der Waals surface area contributed by atoms with E-state index in [1.165, 1.54) is 0 Å². The van der Waals surface area contributed by atoms with E-state index in [0.717, 1.165) is 44.6 Å². The van der Waals surface area contributed by atoms with Gasteiger partial charge in [-0.05, 0) is 48.2 Å². The summed E-state index contributed by atoms with van der Waals surface area (Å²) in [5.41, 5.74) is 4.63. The van der Waals surface area contributed by atoms with E-state index >= 15 is 0 Å². The number of hydrogen-bond acceptors (Lipinski definition) is 7. The number of esters is 1. The SMILES string of the molecule is COc1ccc2c(c1OC)[C@@H]([C@H]1C=C(C)C(=O)O1)N(C)c1c-2ccc2cc3c(cc12)OCO3. The molecule has 3 aliphatic rings. The lowest BCUT2D eigenvalue weighted by Gasteiger charge is -2.41. The molecule has 0 fully saturated rings. The molecule has 0 bridgehead atoms. The van der Waals surface area contributed by atoms with Gasteiger partial charge in [0.2, 0.25) is 6.79 Å². The fraction of sp³-hybridized carbons (Fsp3) is 0.269. The van der Waals surface area contributed by atoms with Crippen LogP contribution in [0.15, 0.2) is 48.0 Å². The molecular formula is C26H23NO6. The molecule has 0 aliphatic carbocycles. The third-order valence-electron chi connectivity index (χ3n) is 6.71. The lowest BCUT2D eigenvalue weighted by atomic mass is 9.83. The minimum atomic E-state index is -0.473. The summed E-state index contributed by atoms with van der Waals surface area (Å²) in [7, 11) is 5.27. The number of methoxy groups -OCH3 is 2. The maximum atomic E-state index is 12.3. The van der Waals surface area contributed by atoms with Crippen LogP contribution >= 0.6 is 0 Å². The number of likely N-dealkylation sites (N-methyl/N-ethyl adjacent to an activating group) is 1. The van der Waals surface area contributed by atoms with Gasteiger partial charge in [0, 0.05) is 29.1 Å². The Morgan fingerprint density at radius 3 is 2.45 bits per heavy atom. The first-order valence-corrected chi connectivity index (χ1v) is 10.8. The zero-order valence-electron chi connectivity index (χ0n) is 18.8. The second-order valence-corrected chi connectivity index (χ2v) is 8.43. The van der Waals surface area contributed by atoms with Crippen molar-refractivity contribution in [2.75, 3.05) is 33.0 Å². The highest BCUT2D eigenvalue weighted by molar-refractivity contribution is 6.06. The first-order chi connectivity index (χ1) is 16.0. The fourth-order valence-electron chi connectivity index (χ4n) is 5.21. The van der Waals surface area contributed by atoms with Gasteiger partial charge in [-0.3, -0.25) is 0 Å². The van der Waals surface area contributed by atoms with Gasteiger partial charge in [0.1, 0.15) is 6.10 Å². The molecule has 0 aromatic heterocycles. The molecule has 7 heteroatoms. The highest BCUT2D eigenvalue weighted by Crippen LogP contribution is 2.55. The van der Waals surface area contributed by atoms with Gasteiger partial charge in [0.25, 0.3) is 0 Å². The lowest BCUT2D eigenvalue weighted by Crippen LogP contribution is -2.37. The Hall–Kier alpha value is -3.87. The summed E-state index contributed by atoms with van der Waals surface area (Å²) in [5.74, 6) is 2.43. The Labute approximate surface area is 191 Å². The maximum Gasteiger partial charge on any atom is 0.334 e. The predicted molar refractivity (Wildman–Crippen MR) is 123 cm³/mol. The van der Waals surface area contributed by atoms with Crippen LogP contribution in [0.2, 0.25) is 0 Å². The van der Waals surface area contributed by atoms with Gasteiger partial charge in [0.05, 0.1) is 25.9 Å². The van der Waals surface area contributed by atoms with Gasteiger partial charge in [-0.15, -0.1) is 0 Å². The minimum Gasteiger partial charge on any atom is -0.493 e. The Morgan fingerprint density at radius 1 is 1.00 bits per heavy atom. The van der Waals surface area contributed by atoms with E-state index in [1.807, 2.05) is 37.4 Å². The van der Waals surface area contributed by atoms with Crippen LogP contribution in [0.1, 0.15) is 18.5 Å². The number of nitrogens with zero attached hydrogens (tertiary/aromatic N) is 1. The number of cyclic esters (lactones) is 1. The molecule has 2 atom stereocenters. The van der Waals surface area contributed by atoms with Gasteiger partial charge >= 0.3 is 5.97 Å². The Bertz CT molecular complexity index is 1360. The molecule has 3 aromatic carbocycles. The van der Waals surface area contributed by atoms with Crippen molar-refractivity contribution in [3.05, 3.63) is 53.6 Å². The summed E-state index contributed by atoms with van der Waals surface area (Å²) >= 11 is 0. The number of carbonyl (C=O) groups excluding carboxylic acids is 1. The van der Waals surface area contributed by atoms with Gasteiger partial charge < -0.3 is 28.6 Å². The normalized spacial score (nSPS) is 20.3. The number of hydrogen-bond donors (Lipinski definition) is 0. The summed E-state index contributed by atoms with van der Waals surface area (Å²) in [6, 6.07) is 11.9. The smallest absolute Gasteiger partial charge is 0.334 e. The van der Waals surface area contributed by atoms with Crippen molar-refractivity contribution < 1.29 is 28.5 Å². The first-order valence-electron chi connectivity index (χ1n) is 10.8. The monoisotopic (exact) mass is 445 g/mol. The molecule has 0 radical (unpaired) electrons. The molecule has 0 saturated heterocycles. The van der Waals surface area contributed by atoms with Gasteiger partial charge in [-0.25, -0.2) is 4.79 Å². The molecule has 0 unspecified atom stereocenters. The zero-order chi connectivity index (χ0) is 22.9. The van der Waals surface area contributed by atoms with Crippen molar-refractivity contribution in [1.29, 1.82) is 0 Å². The summed E-state index contributed by atoms with van der Waals surface area (Å²) in [4.78, 5) is 14.5. The second kappa shape index (κ2) is 7.07. The van der Waals surface area contributed by atoms with Crippen LogP contribution in [0.3, 0.4) is 0 Å². The summed E-state index contributed by atoms with van der Waals surface area (Å²) < 4.78 is 28.5. The van der Waals surface area contributed by atoms with Crippen LogP contribution in [0.5, 0.6) is 23.0 Å². The number of anilines is 1. The molecule has 0 spiro atoms. The number of rotatable bonds is 3. The highest BCUT2D eigenvalue weighted by atomic mass is 16.7. The van der Waals surface area contributed by atoms with Crippen LogP contribution < -0.4 is 23.8 Å². The van der Waals surface area contributed by atoms with Crippen LogP contribution in [0.4, 0.5) is 5.69 Å². The van der Waals surface area contributed by atoms with E-state index in [0.29, 0.717) is 17.1 Å². The van der Waals surface area contributed by atoms with Crippen LogP contribution in [0.25, 0.3) is 21.9 Å². The third kappa shape index (κ3) is 2.71. The van der Waals surface area contributed by atoms with Crippen LogP contribution in [0, 0.1) is 0 Å². The van der Waals surface area contributed by atoms with Crippen LogP contribution in [-0.2, 0) is 9.53 Å². The average Bonchev–Trinajstić information content (AvgIpc) is 3.41. The standard InChI is InChI=1S/C26H23NO6/c1-13-9-21(33-26(13)28)24-22-15(7-8-18(29-3)25(22)30-4)16-6-5-14-10-19-20(32-12-31-19)11-17(14)23(16)27(24)2/h5-11,21,24H,12H2,1-4H3/t21-,24-/m1/s1. The minimum absolute atomic E-state index is 0.217.